The first-order chi connectivity index (χ1) is 9.11. The zero-order valence-corrected chi connectivity index (χ0v) is 12.3. The topological polar surface area (TPSA) is 35.5 Å². The van der Waals surface area contributed by atoms with E-state index in [4.69, 9.17) is 0 Å². The highest BCUT2D eigenvalue weighted by Crippen LogP contribution is 2.28. The Bertz CT molecular complexity index is 388. The summed E-state index contributed by atoms with van der Waals surface area (Å²) in [7, 11) is 4.11. The molecule has 1 saturated carbocycles. The summed E-state index contributed by atoms with van der Waals surface area (Å²) >= 11 is 0. The van der Waals surface area contributed by atoms with Gasteiger partial charge in [0.1, 0.15) is 0 Å². The van der Waals surface area contributed by atoms with Crippen LogP contribution >= 0.6 is 0 Å². The average Bonchev–Trinajstić information content (AvgIpc) is 2.86. The van der Waals surface area contributed by atoms with Gasteiger partial charge in [0, 0.05) is 38.5 Å². The van der Waals surface area contributed by atoms with Crippen molar-refractivity contribution in [3.8, 4) is 0 Å². The Morgan fingerprint density at radius 1 is 1.26 bits per heavy atom. The Hall–Kier alpha value is -1.06. The Morgan fingerprint density at radius 3 is 2.53 bits per heavy atom. The molecule has 3 unspecified atom stereocenters. The van der Waals surface area contributed by atoms with Crippen molar-refractivity contribution in [2.24, 2.45) is 5.92 Å². The zero-order chi connectivity index (χ0) is 13.8. The van der Waals surface area contributed by atoms with Crippen LogP contribution in [0.1, 0.15) is 37.8 Å². The first-order valence-electron chi connectivity index (χ1n) is 7.26. The number of hydrogen-bond acceptors (Lipinski definition) is 3. The highest BCUT2D eigenvalue weighted by atomic mass is 16.3. The lowest BCUT2D eigenvalue weighted by Crippen LogP contribution is -2.35. The molecule has 1 fully saturated rings. The molecule has 1 aliphatic carbocycles. The largest absolute Gasteiger partial charge is 0.396 e. The molecule has 0 aliphatic heterocycles. The van der Waals surface area contributed by atoms with Crippen LogP contribution in [0, 0.1) is 5.92 Å². The fourth-order valence-electron chi connectivity index (χ4n) is 2.95. The van der Waals surface area contributed by atoms with Gasteiger partial charge in [-0.2, -0.15) is 0 Å². The molecular formula is C16H26N2O. The smallest absolute Gasteiger partial charge is 0.0474 e. The number of nitrogens with one attached hydrogen (secondary N) is 1. The monoisotopic (exact) mass is 262 g/mol. The first-order valence-corrected chi connectivity index (χ1v) is 7.26. The van der Waals surface area contributed by atoms with Crippen molar-refractivity contribution in [1.29, 1.82) is 0 Å². The van der Waals surface area contributed by atoms with Crippen LogP contribution in [0.15, 0.2) is 24.3 Å². The number of aliphatic hydroxyl groups excluding tert-OH is 1. The molecule has 0 radical (unpaired) electrons. The molecule has 3 atom stereocenters. The highest BCUT2D eigenvalue weighted by Gasteiger charge is 2.27. The van der Waals surface area contributed by atoms with Gasteiger partial charge in [-0.15, -0.1) is 0 Å². The third kappa shape index (κ3) is 3.48. The number of hydrogen-bond donors (Lipinski definition) is 2. The summed E-state index contributed by atoms with van der Waals surface area (Å²) in [4.78, 5) is 2.11. The minimum absolute atomic E-state index is 0.309. The number of nitrogens with zero attached hydrogens (tertiary/aromatic N) is 1. The molecule has 2 N–H and O–H groups in total. The molecular weight excluding hydrogens is 236 g/mol. The number of rotatable bonds is 5. The van der Waals surface area contributed by atoms with E-state index in [0.717, 1.165) is 6.42 Å². The van der Waals surface area contributed by atoms with Crippen LogP contribution < -0.4 is 10.2 Å². The minimum atomic E-state index is 0.309. The van der Waals surface area contributed by atoms with Crippen molar-refractivity contribution in [3.05, 3.63) is 29.8 Å². The van der Waals surface area contributed by atoms with Crippen LogP contribution in [-0.2, 0) is 0 Å². The predicted octanol–water partition coefficient (Wildman–Crippen LogP) is 2.56. The maximum atomic E-state index is 9.37. The highest BCUT2D eigenvalue weighted by molar-refractivity contribution is 5.46. The lowest BCUT2D eigenvalue weighted by Gasteiger charge is -2.24. The van der Waals surface area contributed by atoms with Crippen molar-refractivity contribution < 1.29 is 5.11 Å². The first kappa shape index (κ1) is 14.4. The average molecular weight is 262 g/mol. The Labute approximate surface area is 116 Å². The quantitative estimate of drug-likeness (QED) is 0.856. The van der Waals surface area contributed by atoms with E-state index in [0.29, 0.717) is 24.6 Å². The SMILES string of the molecule is CC(NC1CCCC1CO)c1ccc(N(C)C)cc1. The van der Waals surface area contributed by atoms with Gasteiger partial charge in [-0.25, -0.2) is 0 Å². The summed E-state index contributed by atoms with van der Waals surface area (Å²) in [5.41, 5.74) is 2.54. The van der Waals surface area contributed by atoms with Gasteiger partial charge >= 0.3 is 0 Å². The van der Waals surface area contributed by atoms with Gasteiger partial charge in [0.2, 0.25) is 0 Å². The van der Waals surface area contributed by atoms with E-state index in [2.05, 4.69) is 55.5 Å². The van der Waals surface area contributed by atoms with Crippen molar-refractivity contribution in [2.45, 2.75) is 38.3 Å². The summed E-state index contributed by atoms with van der Waals surface area (Å²) in [6.45, 7) is 2.52. The van der Waals surface area contributed by atoms with Gasteiger partial charge in [-0.3, -0.25) is 0 Å². The van der Waals surface area contributed by atoms with Gasteiger partial charge in [0.25, 0.3) is 0 Å². The lowest BCUT2D eigenvalue weighted by atomic mass is 10.0. The van der Waals surface area contributed by atoms with Gasteiger partial charge in [0.05, 0.1) is 0 Å². The molecule has 106 valence electrons. The fraction of sp³-hybridized carbons (Fsp3) is 0.625. The van der Waals surface area contributed by atoms with Crippen LogP contribution in [0.4, 0.5) is 5.69 Å². The van der Waals surface area contributed by atoms with E-state index < -0.39 is 0 Å². The molecule has 0 bridgehead atoms. The molecule has 1 aliphatic rings. The zero-order valence-electron chi connectivity index (χ0n) is 12.3. The molecule has 3 nitrogen and oxygen atoms in total. The van der Waals surface area contributed by atoms with E-state index in [1.54, 1.807) is 0 Å². The van der Waals surface area contributed by atoms with E-state index >= 15 is 0 Å². The molecule has 0 aromatic heterocycles. The molecule has 19 heavy (non-hydrogen) atoms. The van der Waals surface area contributed by atoms with Gasteiger partial charge in [-0.05, 0) is 43.4 Å². The van der Waals surface area contributed by atoms with Crippen LogP contribution in [0.2, 0.25) is 0 Å². The fourth-order valence-corrected chi connectivity index (χ4v) is 2.95. The van der Waals surface area contributed by atoms with Crippen molar-refractivity contribution >= 4 is 5.69 Å². The molecule has 0 saturated heterocycles. The van der Waals surface area contributed by atoms with Crippen LogP contribution in [0.3, 0.4) is 0 Å². The Morgan fingerprint density at radius 2 is 1.95 bits per heavy atom. The van der Waals surface area contributed by atoms with E-state index in [1.165, 1.54) is 24.1 Å². The van der Waals surface area contributed by atoms with E-state index in [-0.39, 0.29) is 0 Å². The summed E-state index contributed by atoms with van der Waals surface area (Å²) in [5, 5.41) is 13.0. The van der Waals surface area contributed by atoms with Gasteiger partial charge in [0.15, 0.2) is 0 Å². The molecule has 0 amide bonds. The van der Waals surface area contributed by atoms with Gasteiger partial charge in [-0.1, -0.05) is 18.6 Å². The second-order valence-corrected chi connectivity index (χ2v) is 5.85. The maximum absolute atomic E-state index is 9.37. The predicted molar refractivity (Wildman–Crippen MR) is 80.5 cm³/mol. The third-order valence-corrected chi connectivity index (χ3v) is 4.27. The van der Waals surface area contributed by atoms with E-state index in [1.807, 2.05) is 0 Å². The number of aliphatic hydroxyl groups is 1. The summed E-state index contributed by atoms with van der Waals surface area (Å²) < 4.78 is 0. The molecule has 0 spiro atoms. The number of benzene rings is 1. The lowest BCUT2D eigenvalue weighted by molar-refractivity contribution is 0.200. The summed E-state index contributed by atoms with van der Waals surface area (Å²) in [6, 6.07) is 9.50. The number of anilines is 1. The van der Waals surface area contributed by atoms with Crippen molar-refractivity contribution in [2.75, 3.05) is 25.6 Å². The normalized spacial score (nSPS) is 24.4. The minimum Gasteiger partial charge on any atom is -0.396 e. The molecule has 2 rings (SSSR count). The molecule has 0 heterocycles. The second-order valence-electron chi connectivity index (χ2n) is 5.85. The van der Waals surface area contributed by atoms with Crippen LogP contribution in [-0.4, -0.2) is 31.9 Å². The summed E-state index contributed by atoms with van der Waals surface area (Å²) in [5.74, 6) is 0.434. The van der Waals surface area contributed by atoms with Gasteiger partial charge < -0.3 is 15.3 Å². The van der Waals surface area contributed by atoms with Crippen molar-refractivity contribution in [3.63, 3.8) is 0 Å². The molecule has 3 heteroatoms. The molecule has 1 aromatic carbocycles. The Balaban J connectivity index is 1.97. The van der Waals surface area contributed by atoms with Crippen LogP contribution in [0.25, 0.3) is 0 Å². The third-order valence-electron chi connectivity index (χ3n) is 4.27. The molecule has 1 aromatic rings. The van der Waals surface area contributed by atoms with E-state index in [9.17, 15) is 5.11 Å². The summed E-state index contributed by atoms with van der Waals surface area (Å²) in [6.07, 6.45) is 3.57. The maximum Gasteiger partial charge on any atom is 0.0474 e. The standard InChI is InChI=1S/C16H26N2O/c1-12(17-16-6-4-5-14(16)11-19)13-7-9-15(10-8-13)18(2)3/h7-10,12,14,16-17,19H,4-6,11H2,1-3H3. The van der Waals surface area contributed by atoms with Crippen molar-refractivity contribution in [1.82, 2.24) is 5.32 Å². The second kappa shape index (κ2) is 6.40. The Kier molecular flexibility index (Phi) is 4.83. The van der Waals surface area contributed by atoms with Crippen LogP contribution in [0.5, 0.6) is 0 Å².